The van der Waals surface area contributed by atoms with Crippen molar-refractivity contribution in [3.63, 3.8) is 0 Å². The molecule has 0 aliphatic rings. The first-order valence-corrected chi connectivity index (χ1v) is 5.65. The van der Waals surface area contributed by atoms with E-state index in [1.807, 2.05) is 0 Å². The van der Waals surface area contributed by atoms with Crippen LogP contribution in [0.5, 0.6) is 0 Å². The van der Waals surface area contributed by atoms with Gasteiger partial charge in [-0.3, -0.25) is 4.98 Å². The third kappa shape index (κ3) is 2.78. The molecule has 0 saturated heterocycles. The summed E-state index contributed by atoms with van der Waals surface area (Å²) in [5.41, 5.74) is 6.14. The van der Waals surface area contributed by atoms with Crippen LogP contribution in [0.4, 0.5) is 8.78 Å². The Morgan fingerprint density at radius 3 is 2.59 bits per heavy atom. The van der Waals surface area contributed by atoms with Crippen LogP contribution in [0.3, 0.4) is 0 Å². The Hall–Kier alpha value is -1.53. The maximum absolute atomic E-state index is 13.0. The summed E-state index contributed by atoms with van der Waals surface area (Å²) in [5, 5.41) is 0.598. The van der Waals surface area contributed by atoms with Gasteiger partial charge in [0, 0.05) is 23.8 Å². The van der Waals surface area contributed by atoms with Crippen LogP contribution >= 0.6 is 11.8 Å². The third-order valence-electron chi connectivity index (χ3n) is 2.03. The van der Waals surface area contributed by atoms with Crippen molar-refractivity contribution in [3.05, 3.63) is 47.9 Å². The van der Waals surface area contributed by atoms with Gasteiger partial charge in [-0.1, -0.05) is 11.8 Å². The van der Waals surface area contributed by atoms with Crippen molar-refractivity contribution in [2.75, 3.05) is 0 Å². The Kier molecular flexibility index (Phi) is 3.65. The first-order valence-electron chi connectivity index (χ1n) is 4.83. The van der Waals surface area contributed by atoms with E-state index in [1.54, 1.807) is 0 Å². The average Bonchev–Trinajstić information content (AvgIpc) is 2.34. The molecule has 3 nitrogen and oxygen atoms in total. The molecule has 2 aromatic rings. The van der Waals surface area contributed by atoms with Gasteiger partial charge in [-0.15, -0.1) is 0 Å². The summed E-state index contributed by atoms with van der Waals surface area (Å²) in [5.74, 6) is -1.75. The zero-order valence-corrected chi connectivity index (χ0v) is 9.55. The number of aromatic nitrogens is 2. The summed E-state index contributed by atoms with van der Waals surface area (Å²) in [6.45, 7) is 0.250. The Morgan fingerprint density at radius 1 is 1.12 bits per heavy atom. The Bertz CT molecular complexity index is 534. The van der Waals surface area contributed by atoms with E-state index < -0.39 is 11.6 Å². The number of rotatable bonds is 3. The van der Waals surface area contributed by atoms with Gasteiger partial charge in [-0.25, -0.2) is 13.8 Å². The molecular formula is C11H9F2N3S. The lowest BCUT2D eigenvalue weighted by atomic mass is 10.3. The second kappa shape index (κ2) is 5.20. The summed E-state index contributed by atoms with van der Waals surface area (Å²) >= 11 is 1.20. The monoisotopic (exact) mass is 253 g/mol. The van der Waals surface area contributed by atoms with Gasteiger partial charge in [-0.05, 0) is 18.2 Å². The van der Waals surface area contributed by atoms with Gasteiger partial charge in [0.15, 0.2) is 11.6 Å². The molecule has 0 aliphatic carbocycles. The summed E-state index contributed by atoms with van der Waals surface area (Å²) in [7, 11) is 0. The first-order chi connectivity index (χ1) is 8.20. The molecular weight excluding hydrogens is 244 g/mol. The smallest absolute Gasteiger partial charge is 0.159 e. The van der Waals surface area contributed by atoms with Crippen LogP contribution in [0.15, 0.2) is 40.5 Å². The van der Waals surface area contributed by atoms with Gasteiger partial charge in [-0.2, -0.15) is 0 Å². The SMILES string of the molecule is NCc1nccnc1Sc1ccc(F)c(F)c1. The molecule has 1 aromatic carbocycles. The van der Waals surface area contributed by atoms with E-state index in [1.165, 1.54) is 30.2 Å². The molecule has 17 heavy (non-hydrogen) atoms. The van der Waals surface area contributed by atoms with Crippen LogP contribution in [0.25, 0.3) is 0 Å². The molecule has 0 amide bonds. The zero-order valence-electron chi connectivity index (χ0n) is 8.73. The molecule has 0 atom stereocenters. The first kappa shape index (κ1) is 11.9. The highest BCUT2D eigenvalue weighted by molar-refractivity contribution is 7.99. The van der Waals surface area contributed by atoms with Crippen molar-refractivity contribution >= 4 is 11.8 Å². The van der Waals surface area contributed by atoms with Crippen molar-refractivity contribution < 1.29 is 8.78 Å². The predicted octanol–water partition coefficient (Wildman–Crippen LogP) is 2.36. The topological polar surface area (TPSA) is 51.8 Å². The number of nitrogens with zero attached hydrogens (tertiary/aromatic N) is 2. The van der Waals surface area contributed by atoms with E-state index in [2.05, 4.69) is 9.97 Å². The lowest BCUT2D eigenvalue weighted by Gasteiger charge is -2.05. The van der Waals surface area contributed by atoms with E-state index in [9.17, 15) is 8.78 Å². The van der Waals surface area contributed by atoms with Gasteiger partial charge >= 0.3 is 0 Å². The number of benzene rings is 1. The Morgan fingerprint density at radius 2 is 1.88 bits per heavy atom. The van der Waals surface area contributed by atoms with E-state index in [0.717, 1.165) is 12.1 Å². The fraction of sp³-hybridized carbons (Fsp3) is 0.0909. The molecule has 88 valence electrons. The lowest BCUT2D eigenvalue weighted by molar-refractivity contribution is 0.506. The molecule has 2 rings (SSSR count). The highest BCUT2D eigenvalue weighted by Crippen LogP contribution is 2.28. The van der Waals surface area contributed by atoms with Gasteiger partial charge in [0.2, 0.25) is 0 Å². The molecule has 0 bridgehead atoms. The maximum atomic E-state index is 13.0. The average molecular weight is 253 g/mol. The molecule has 0 radical (unpaired) electrons. The predicted molar refractivity (Wildman–Crippen MR) is 60.4 cm³/mol. The van der Waals surface area contributed by atoms with Crippen LogP contribution in [0.1, 0.15) is 5.69 Å². The van der Waals surface area contributed by atoms with Crippen molar-refractivity contribution in [1.29, 1.82) is 0 Å². The maximum Gasteiger partial charge on any atom is 0.159 e. The van der Waals surface area contributed by atoms with Gasteiger partial charge in [0.1, 0.15) is 5.03 Å². The minimum absolute atomic E-state index is 0.250. The minimum atomic E-state index is -0.881. The standard InChI is InChI=1S/C11H9F2N3S/c12-8-2-1-7(5-9(8)13)17-11-10(6-14)15-3-4-16-11/h1-5H,6,14H2. The van der Waals surface area contributed by atoms with E-state index in [-0.39, 0.29) is 6.54 Å². The molecule has 0 fully saturated rings. The van der Waals surface area contributed by atoms with Gasteiger partial charge in [0.05, 0.1) is 5.69 Å². The third-order valence-corrected chi connectivity index (χ3v) is 3.06. The van der Waals surface area contributed by atoms with E-state index in [0.29, 0.717) is 15.6 Å². The molecule has 6 heteroatoms. The Labute approximate surface area is 101 Å². The summed E-state index contributed by atoms with van der Waals surface area (Å²) in [6, 6.07) is 3.68. The second-order valence-corrected chi connectivity index (χ2v) is 4.25. The van der Waals surface area contributed by atoms with E-state index in [4.69, 9.17) is 5.73 Å². The normalized spacial score (nSPS) is 10.5. The Balaban J connectivity index is 2.28. The number of hydrogen-bond acceptors (Lipinski definition) is 4. The molecule has 0 unspecified atom stereocenters. The number of hydrogen-bond donors (Lipinski definition) is 1. The number of nitrogens with two attached hydrogens (primary N) is 1. The fourth-order valence-electron chi connectivity index (χ4n) is 1.23. The van der Waals surface area contributed by atoms with E-state index >= 15 is 0 Å². The van der Waals surface area contributed by atoms with Crippen LogP contribution in [-0.2, 0) is 6.54 Å². The molecule has 1 heterocycles. The minimum Gasteiger partial charge on any atom is -0.325 e. The molecule has 0 spiro atoms. The van der Waals surface area contributed by atoms with Crippen molar-refractivity contribution in [1.82, 2.24) is 9.97 Å². The fourth-order valence-corrected chi connectivity index (χ4v) is 2.12. The van der Waals surface area contributed by atoms with Gasteiger partial charge < -0.3 is 5.73 Å². The van der Waals surface area contributed by atoms with Crippen LogP contribution in [0.2, 0.25) is 0 Å². The van der Waals surface area contributed by atoms with Gasteiger partial charge in [0.25, 0.3) is 0 Å². The summed E-state index contributed by atoms with van der Waals surface area (Å²) in [4.78, 5) is 8.71. The van der Waals surface area contributed by atoms with Crippen LogP contribution in [-0.4, -0.2) is 9.97 Å². The second-order valence-electron chi connectivity index (χ2n) is 3.19. The highest BCUT2D eigenvalue weighted by Gasteiger charge is 2.08. The van der Waals surface area contributed by atoms with Crippen molar-refractivity contribution in [3.8, 4) is 0 Å². The lowest BCUT2D eigenvalue weighted by Crippen LogP contribution is -2.02. The molecule has 0 saturated carbocycles. The van der Waals surface area contributed by atoms with Crippen molar-refractivity contribution in [2.24, 2.45) is 5.73 Å². The molecule has 1 aromatic heterocycles. The summed E-state index contributed by atoms with van der Waals surface area (Å²) < 4.78 is 25.8. The largest absolute Gasteiger partial charge is 0.325 e. The highest BCUT2D eigenvalue weighted by atomic mass is 32.2. The quantitative estimate of drug-likeness (QED) is 0.912. The zero-order chi connectivity index (χ0) is 12.3. The van der Waals surface area contributed by atoms with Crippen LogP contribution in [0, 0.1) is 11.6 Å². The molecule has 2 N–H and O–H groups in total. The van der Waals surface area contributed by atoms with Crippen LogP contribution < -0.4 is 5.73 Å². The molecule has 0 aliphatic heterocycles. The summed E-state index contributed by atoms with van der Waals surface area (Å²) in [6.07, 6.45) is 3.07. The van der Waals surface area contributed by atoms with Crippen molar-refractivity contribution in [2.45, 2.75) is 16.5 Å². The number of halogens is 2.